The van der Waals surface area contributed by atoms with E-state index in [0.29, 0.717) is 31.0 Å². The summed E-state index contributed by atoms with van der Waals surface area (Å²) in [4.78, 5) is 23.7. The first-order chi connectivity index (χ1) is 13.4. The number of carbonyl (C=O) groups is 2. The van der Waals surface area contributed by atoms with E-state index in [0.717, 1.165) is 17.1 Å². The van der Waals surface area contributed by atoms with Gasteiger partial charge in [-0.3, -0.25) is 9.59 Å². The van der Waals surface area contributed by atoms with Crippen LogP contribution in [0, 0.1) is 5.92 Å². The molecule has 2 N–H and O–H groups in total. The smallest absolute Gasteiger partial charge is 0.224 e. The number of amides is 2. The quantitative estimate of drug-likeness (QED) is 0.786. The molecule has 3 rings (SSSR count). The van der Waals surface area contributed by atoms with Crippen LogP contribution in [0.3, 0.4) is 0 Å². The van der Waals surface area contributed by atoms with Gasteiger partial charge in [0.1, 0.15) is 13.2 Å². The van der Waals surface area contributed by atoms with E-state index < -0.39 is 0 Å². The Morgan fingerprint density at radius 2 is 1.54 bits per heavy atom. The molecule has 2 aromatic rings. The summed E-state index contributed by atoms with van der Waals surface area (Å²) in [6, 6.07) is 13.0. The van der Waals surface area contributed by atoms with E-state index in [1.807, 2.05) is 18.2 Å². The van der Waals surface area contributed by atoms with E-state index >= 15 is 0 Å². The van der Waals surface area contributed by atoms with Crippen LogP contribution in [0.25, 0.3) is 0 Å². The highest BCUT2D eigenvalue weighted by atomic mass is 16.6. The maximum Gasteiger partial charge on any atom is 0.224 e. The molecule has 2 aromatic carbocycles. The molecule has 2 amide bonds. The first-order valence-corrected chi connectivity index (χ1v) is 9.49. The second-order valence-corrected chi connectivity index (χ2v) is 7.26. The maximum absolute atomic E-state index is 12.6. The number of hydrogen-bond acceptors (Lipinski definition) is 4. The van der Waals surface area contributed by atoms with Crippen molar-refractivity contribution in [1.82, 2.24) is 0 Å². The molecule has 0 fully saturated rings. The minimum Gasteiger partial charge on any atom is -0.486 e. The zero-order valence-corrected chi connectivity index (χ0v) is 16.5. The molecule has 0 aliphatic carbocycles. The monoisotopic (exact) mass is 382 g/mol. The van der Waals surface area contributed by atoms with Crippen LogP contribution in [0.1, 0.15) is 38.7 Å². The molecule has 1 heterocycles. The van der Waals surface area contributed by atoms with E-state index in [4.69, 9.17) is 9.47 Å². The fourth-order valence-corrected chi connectivity index (χ4v) is 3.28. The van der Waals surface area contributed by atoms with Crippen molar-refractivity contribution in [2.24, 2.45) is 5.92 Å². The van der Waals surface area contributed by atoms with Gasteiger partial charge in [-0.1, -0.05) is 19.9 Å². The summed E-state index contributed by atoms with van der Waals surface area (Å²) in [5.41, 5.74) is 2.46. The minimum atomic E-state index is -0.129. The predicted octanol–water partition coefficient (Wildman–Crippen LogP) is 4.18. The van der Waals surface area contributed by atoms with Crippen molar-refractivity contribution >= 4 is 23.2 Å². The molecule has 0 spiro atoms. The average molecular weight is 382 g/mol. The highest BCUT2D eigenvalue weighted by Crippen LogP contribution is 2.36. The standard InChI is InChI=1S/C22H26N2O4/c1-14(2)19(16-4-9-20-21(12-16)28-11-10-27-20)13-22(26)24-18-7-5-17(6-8-18)23-15(3)25/h4-9,12,14,19H,10-11,13H2,1-3H3,(H,23,25)(H,24,26). The molecule has 0 bridgehead atoms. The van der Waals surface area contributed by atoms with Gasteiger partial charge >= 0.3 is 0 Å². The summed E-state index contributed by atoms with van der Waals surface area (Å²) in [7, 11) is 0. The molecule has 6 nitrogen and oxygen atoms in total. The third kappa shape index (κ3) is 5.03. The normalized spacial score (nSPS) is 13.7. The van der Waals surface area contributed by atoms with Gasteiger partial charge < -0.3 is 20.1 Å². The highest BCUT2D eigenvalue weighted by molar-refractivity contribution is 5.92. The van der Waals surface area contributed by atoms with Gasteiger partial charge in [0.05, 0.1) is 0 Å². The molecule has 1 aliphatic rings. The van der Waals surface area contributed by atoms with Crippen molar-refractivity contribution < 1.29 is 19.1 Å². The molecule has 0 saturated carbocycles. The van der Waals surface area contributed by atoms with Crippen LogP contribution in [-0.4, -0.2) is 25.0 Å². The van der Waals surface area contributed by atoms with E-state index in [1.54, 1.807) is 24.3 Å². The van der Waals surface area contributed by atoms with E-state index in [9.17, 15) is 9.59 Å². The molecule has 1 unspecified atom stereocenters. The third-order valence-electron chi connectivity index (χ3n) is 4.69. The van der Waals surface area contributed by atoms with Gasteiger partial charge in [-0.25, -0.2) is 0 Å². The Labute approximate surface area is 165 Å². The van der Waals surface area contributed by atoms with Crippen LogP contribution in [-0.2, 0) is 9.59 Å². The SMILES string of the molecule is CC(=O)Nc1ccc(NC(=O)CC(c2ccc3c(c2)OCCO3)C(C)C)cc1. The molecule has 0 radical (unpaired) electrons. The molecule has 1 aliphatic heterocycles. The molecule has 0 aromatic heterocycles. The summed E-state index contributed by atoms with van der Waals surface area (Å²) < 4.78 is 11.3. The van der Waals surface area contributed by atoms with Crippen LogP contribution in [0.15, 0.2) is 42.5 Å². The molecule has 1 atom stereocenters. The van der Waals surface area contributed by atoms with Gasteiger partial charge in [-0.15, -0.1) is 0 Å². The number of ether oxygens (including phenoxy) is 2. The van der Waals surface area contributed by atoms with Crippen LogP contribution in [0.4, 0.5) is 11.4 Å². The molecule has 0 saturated heterocycles. The summed E-state index contributed by atoms with van der Waals surface area (Å²) in [5.74, 6) is 1.66. The lowest BCUT2D eigenvalue weighted by Gasteiger charge is -2.24. The van der Waals surface area contributed by atoms with Crippen molar-refractivity contribution in [2.75, 3.05) is 23.8 Å². The number of carbonyl (C=O) groups excluding carboxylic acids is 2. The first kappa shape index (κ1) is 19.7. The van der Waals surface area contributed by atoms with Crippen LogP contribution in [0.5, 0.6) is 11.5 Å². The van der Waals surface area contributed by atoms with Gasteiger partial charge in [-0.05, 0) is 53.8 Å². The average Bonchev–Trinajstić information content (AvgIpc) is 2.66. The van der Waals surface area contributed by atoms with Crippen molar-refractivity contribution in [3.63, 3.8) is 0 Å². The first-order valence-electron chi connectivity index (χ1n) is 9.49. The van der Waals surface area contributed by atoms with Gasteiger partial charge in [0, 0.05) is 24.7 Å². The molecule has 28 heavy (non-hydrogen) atoms. The van der Waals surface area contributed by atoms with Crippen molar-refractivity contribution in [1.29, 1.82) is 0 Å². The largest absolute Gasteiger partial charge is 0.486 e. The lowest BCUT2D eigenvalue weighted by molar-refractivity contribution is -0.117. The van der Waals surface area contributed by atoms with Crippen LogP contribution < -0.4 is 20.1 Å². The Bertz CT molecular complexity index is 846. The van der Waals surface area contributed by atoms with E-state index in [1.165, 1.54) is 6.92 Å². The Balaban J connectivity index is 1.67. The lowest BCUT2D eigenvalue weighted by Crippen LogP contribution is -2.20. The van der Waals surface area contributed by atoms with Gasteiger partial charge in [-0.2, -0.15) is 0 Å². The number of anilines is 2. The van der Waals surface area contributed by atoms with Crippen molar-refractivity contribution in [3.8, 4) is 11.5 Å². The number of hydrogen-bond donors (Lipinski definition) is 2. The van der Waals surface area contributed by atoms with E-state index in [-0.39, 0.29) is 23.7 Å². The fourth-order valence-electron chi connectivity index (χ4n) is 3.28. The fraction of sp³-hybridized carbons (Fsp3) is 0.364. The Morgan fingerprint density at radius 1 is 0.929 bits per heavy atom. The predicted molar refractivity (Wildman–Crippen MR) is 109 cm³/mol. The number of fused-ring (bicyclic) bond motifs is 1. The van der Waals surface area contributed by atoms with Gasteiger partial charge in [0.2, 0.25) is 11.8 Å². The Hall–Kier alpha value is -3.02. The number of benzene rings is 2. The zero-order chi connectivity index (χ0) is 20.1. The summed E-state index contributed by atoms with van der Waals surface area (Å²) in [6.07, 6.45) is 0.366. The molecule has 6 heteroatoms. The lowest BCUT2D eigenvalue weighted by atomic mass is 9.85. The van der Waals surface area contributed by atoms with Crippen LogP contribution in [0.2, 0.25) is 0 Å². The molecular weight excluding hydrogens is 356 g/mol. The Morgan fingerprint density at radius 3 is 2.14 bits per heavy atom. The summed E-state index contributed by atoms with van der Waals surface area (Å²) >= 11 is 0. The zero-order valence-electron chi connectivity index (χ0n) is 16.5. The van der Waals surface area contributed by atoms with Crippen molar-refractivity contribution in [2.45, 2.75) is 33.1 Å². The molecular formula is C22H26N2O4. The highest BCUT2D eigenvalue weighted by Gasteiger charge is 2.22. The Kier molecular flexibility index (Phi) is 6.19. The minimum absolute atomic E-state index is 0.0548. The summed E-state index contributed by atoms with van der Waals surface area (Å²) in [5, 5.41) is 5.64. The number of rotatable bonds is 6. The van der Waals surface area contributed by atoms with Crippen molar-refractivity contribution in [3.05, 3.63) is 48.0 Å². The second-order valence-electron chi connectivity index (χ2n) is 7.26. The van der Waals surface area contributed by atoms with Crippen LogP contribution >= 0.6 is 0 Å². The maximum atomic E-state index is 12.6. The second kappa shape index (κ2) is 8.78. The molecule has 148 valence electrons. The topological polar surface area (TPSA) is 76.7 Å². The third-order valence-corrected chi connectivity index (χ3v) is 4.69. The van der Waals surface area contributed by atoms with E-state index in [2.05, 4.69) is 24.5 Å². The summed E-state index contributed by atoms with van der Waals surface area (Å²) in [6.45, 7) is 6.77. The van der Waals surface area contributed by atoms with Gasteiger partial charge in [0.25, 0.3) is 0 Å². The number of nitrogens with one attached hydrogen (secondary N) is 2. The van der Waals surface area contributed by atoms with Gasteiger partial charge in [0.15, 0.2) is 11.5 Å².